The van der Waals surface area contributed by atoms with Gasteiger partial charge in [0.2, 0.25) is 0 Å². The summed E-state index contributed by atoms with van der Waals surface area (Å²) in [6.07, 6.45) is 0.0964. The summed E-state index contributed by atoms with van der Waals surface area (Å²) in [5, 5.41) is 0. The molecule has 1 aliphatic heterocycles. The lowest BCUT2D eigenvalue weighted by atomic mass is 10.3. The zero-order valence-corrected chi connectivity index (χ0v) is 7.81. The maximum Gasteiger partial charge on any atom is 0.298 e. The van der Waals surface area contributed by atoms with E-state index in [4.69, 9.17) is 9.47 Å². The van der Waals surface area contributed by atoms with E-state index in [1.165, 1.54) is 12.1 Å². The summed E-state index contributed by atoms with van der Waals surface area (Å²) in [7, 11) is 0. The highest BCUT2D eigenvalue weighted by atomic mass is 19.1. The van der Waals surface area contributed by atoms with Crippen molar-refractivity contribution in [2.75, 3.05) is 13.2 Å². The summed E-state index contributed by atoms with van der Waals surface area (Å²) in [5.74, 6) is -0.0773. The van der Waals surface area contributed by atoms with Crippen molar-refractivity contribution >= 4 is 6.47 Å². The van der Waals surface area contributed by atoms with Crippen LogP contribution in [-0.2, 0) is 9.53 Å². The first kappa shape index (κ1) is 9.92. The van der Waals surface area contributed by atoms with Crippen molar-refractivity contribution in [1.82, 2.24) is 0 Å². The number of benzene rings is 1. The van der Waals surface area contributed by atoms with E-state index in [-0.39, 0.29) is 18.3 Å². The summed E-state index contributed by atoms with van der Waals surface area (Å²) in [4.78, 5) is 10.2. The molecule has 0 saturated carbocycles. The normalized spacial score (nSPS) is 18.3. The Morgan fingerprint density at radius 2 is 2.33 bits per heavy atom. The predicted octanol–water partition coefficient (Wildman–Crippen LogP) is 1.14. The Hall–Kier alpha value is -1.62. The van der Waals surface area contributed by atoms with Gasteiger partial charge in [-0.25, -0.2) is 4.39 Å². The molecule has 5 heteroatoms. The van der Waals surface area contributed by atoms with Gasteiger partial charge >= 0.3 is 0 Å². The van der Waals surface area contributed by atoms with Crippen LogP contribution in [0.2, 0.25) is 0 Å². The van der Waals surface area contributed by atoms with E-state index in [1.54, 1.807) is 0 Å². The van der Waals surface area contributed by atoms with Gasteiger partial charge in [0, 0.05) is 6.07 Å². The van der Waals surface area contributed by atoms with E-state index in [9.17, 15) is 9.18 Å². The van der Waals surface area contributed by atoms with Crippen LogP contribution >= 0.6 is 0 Å². The second kappa shape index (κ2) is 4.27. The number of epoxide rings is 1. The van der Waals surface area contributed by atoms with Crippen molar-refractivity contribution in [3.8, 4) is 11.5 Å². The molecule has 0 aliphatic carbocycles. The summed E-state index contributed by atoms with van der Waals surface area (Å²) in [5.41, 5.74) is 0. The molecular formula is C10H9FO4. The summed E-state index contributed by atoms with van der Waals surface area (Å²) < 4.78 is 27.6. The molecule has 1 saturated heterocycles. The zero-order chi connectivity index (χ0) is 10.7. The van der Waals surface area contributed by atoms with Gasteiger partial charge in [-0.2, -0.15) is 0 Å². The Morgan fingerprint density at radius 3 is 3.00 bits per heavy atom. The predicted molar refractivity (Wildman–Crippen MR) is 48.3 cm³/mol. The van der Waals surface area contributed by atoms with E-state index in [2.05, 4.69) is 4.74 Å². The van der Waals surface area contributed by atoms with Crippen LogP contribution in [0.25, 0.3) is 0 Å². The van der Waals surface area contributed by atoms with Gasteiger partial charge in [0.25, 0.3) is 6.47 Å². The molecule has 0 aromatic heterocycles. The highest BCUT2D eigenvalue weighted by Gasteiger charge is 2.23. The van der Waals surface area contributed by atoms with Crippen LogP contribution in [0.15, 0.2) is 18.2 Å². The van der Waals surface area contributed by atoms with Gasteiger partial charge in [-0.1, -0.05) is 0 Å². The fraction of sp³-hybridized carbons (Fsp3) is 0.300. The molecular weight excluding hydrogens is 203 g/mol. The molecule has 1 heterocycles. The maximum absolute atomic E-state index is 12.8. The largest absolute Gasteiger partial charge is 0.487 e. The molecule has 0 bridgehead atoms. The number of rotatable bonds is 5. The molecule has 1 atom stereocenters. The summed E-state index contributed by atoms with van der Waals surface area (Å²) >= 11 is 0. The van der Waals surface area contributed by atoms with Crippen LogP contribution in [0.3, 0.4) is 0 Å². The van der Waals surface area contributed by atoms with Crippen molar-refractivity contribution < 1.29 is 23.4 Å². The van der Waals surface area contributed by atoms with E-state index < -0.39 is 5.82 Å². The average Bonchev–Trinajstić information content (AvgIpc) is 3.01. The quantitative estimate of drug-likeness (QED) is 0.542. The Kier molecular flexibility index (Phi) is 2.82. The van der Waals surface area contributed by atoms with Crippen molar-refractivity contribution in [2.45, 2.75) is 6.10 Å². The average molecular weight is 212 g/mol. The number of hydrogen-bond acceptors (Lipinski definition) is 4. The molecule has 0 N–H and O–H groups in total. The van der Waals surface area contributed by atoms with Gasteiger partial charge < -0.3 is 14.2 Å². The van der Waals surface area contributed by atoms with Gasteiger partial charge in [0.05, 0.1) is 6.61 Å². The summed E-state index contributed by atoms with van der Waals surface area (Å²) in [6, 6.07) is 3.74. The van der Waals surface area contributed by atoms with Crippen LogP contribution in [-0.4, -0.2) is 25.8 Å². The molecule has 1 aromatic carbocycles. The monoisotopic (exact) mass is 212 g/mol. The molecule has 4 nitrogen and oxygen atoms in total. The molecule has 0 spiro atoms. The first-order valence-corrected chi connectivity index (χ1v) is 4.44. The molecule has 1 unspecified atom stereocenters. The molecule has 15 heavy (non-hydrogen) atoms. The van der Waals surface area contributed by atoms with Crippen LogP contribution in [0, 0.1) is 5.82 Å². The highest BCUT2D eigenvalue weighted by Crippen LogP contribution is 2.28. The van der Waals surface area contributed by atoms with Gasteiger partial charge in [0.1, 0.15) is 18.5 Å². The van der Waals surface area contributed by atoms with Crippen LogP contribution in [0.5, 0.6) is 11.5 Å². The second-order valence-electron chi connectivity index (χ2n) is 3.07. The Balaban J connectivity index is 2.08. The third-order valence-corrected chi connectivity index (χ3v) is 1.91. The topological polar surface area (TPSA) is 48.1 Å². The van der Waals surface area contributed by atoms with Gasteiger partial charge in [-0.15, -0.1) is 0 Å². The lowest BCUT2D eigenvalue weighted by Gasteiger charge is -2.08. The lowest BCUT2D eigenvalue weighted by Crippen LogP contribution is -2.05. The van der Waals surface area contributed by atoms with Crippen molar-refractivity contribution in [2.24, 2.45) is 0 Å². The van der Waals surface area contributed by atoms with Crippen molar-refractivity contribution in [3.63, 3.8) is 0 Å². The highest BCUT2D eigenvalue weighted by molar-refractivity contribution is 5.50. The third-order valence-electron chi connectivity index (χ3n) is 1.91. The molecule has 1 aliphatic rings. The standard InChI is InChI=1S/C10H9FO4/c11-7-1-2-9(10(3-7)15-6-12)14-5-8-4-13-8/h1-3,6,8H,4-5H2. The molecule has 1 aromatic rings. The van der Waals surface area contributed by atoms with E-state index >= 15 is 0 Å². The smallest absolute Gasteiger partial charge is 0.298 e. The van der Waals surface area contributed by atoms with Crippen LogP contribution < -0.4 is 9.47 Å². The maximum atomic E-state index is 12.8. The molecule has 0 amide bonds. The van der Waals surface area contributed by atoms with E-state index in [0.29, 0.717) is 19.0 Å². The summed E-state index contributed by atoms with van der Waals surface area (Å²) in [6.45, 7) is 1.28. The lowest BCUT2D eigenvalue weighted by molar-refractivity contribution is -0.120. The Labute approximate surface area is 85.6 Å². The molecule has 1 fully saturated rings. The molecule has 2 rings (SSSR count). The van der Waals surface area contributed by atoms with Crippen LogP contribution in [0.4, 0.5) is 4.39 Å². The minimum Gasteiger partial charge on any atom is -0.487 e. The van der Waals surface area contributed by atoms with Gasteiger partial charge in [-0.3, -0.25) is 4.79 Å². The first-order valence-electron chi connectivity index (χ1n) is 4.44. The third kappa shape index (κ3) is 2.66. The fourth-order valence-electron chi connectivity index (χ4n) is 1.09. The van der Waals surface area contributed by atoms with E-state index in [0.717, 1.165) is 6.07 Å². The molecule has 0 radical (unpaired) electrons. The van der Waals surface area contributed by atoms with Gasteiger partial charge in [0.15, 0.2) is 11.5 Å². The first-order chi connectivity index (χ1) is 7.29. The fourth-order valence-corrected chi connectivity index (χ4v) is 1.09. The zero-order valence-electron chi connectivity index (χ0n) is 7.81. The number of ether oxygens (including phenoxy) is 3. The Morgan fingerprint density at radius 1 is 1.53 bits per heavy atom. The Bertz CT molecular complexity index is 362. The second-order valence-corrected chi connectivity index (χ2v) is 3.07. The molecule has 80 valence electrons. The van der Waals surface area contributed by atoms with Crippen molar-refractivity contribution in [3.05, 3.63) is 24.0 Å². The SMILES string of the molecule is O=COc1cc(F)ccc1OCC1CO1. The van der Waals surface area contributed by atoms with E-state index in [1.807, 2.05) is 0 Å². The number of carbonyl (C=O) groups is 1. The minimum atomic E-state index is -0.484. The van der Waals surface area contributed by atoms with Gasteiger partial charge in [-0.05, 0) is 12.1 Å². The van der Waals surface area contributed by atoms with Crippen LogP contribution in [0.1, 0.15) is 0 Å². The number of hydrogen-bond donors (Lipinski definition) is 0. The number of carbonyl (C=O) groups excluding carboxylic acids is 1. The van der Waals surface area contributed by atoms with Crippen molar-refractivity contribution in [1.29, 1.82) is 0 Å². The number of halogens is 1. The minimum absolute atomic E-state index is 0.0747.